The maximum atomic E-state index is 11.7. The molecule has 1 amide bonds. The second-order valence-electron chi connectivity index (χ2n) is 4.40. The second kappa shape index (κ2) is 5.43. The van der Waals surface area contributed by atoms with Crippen molar-refractivity contribution in [3.05, 3.63) is 5.56 Å². The first kappa shape index (κ1) is 13.6. The number of nitrogens with two attached hydrogens (primary N) is 2. The van der Waals surface area contributed by atoms with Crippen LogP contribution in [-0.4, -0.2) is 36.4 Å². The fraction of sp³-hybridized carbons (Fsp3) is 0.545. The van der Waals surface area contributed by atoms with Crippen molar-refractivity contribution in [3.63, 3.8) is 0 Å². The number of amides is 1. The molecule has 1 aliphatic heterocycles. The largest absolute Gasteiger partial charge is 0.465 e. The lowest BCUT2D eigenvalue weighted by Gasteiger charge is -2.31. The van der Waals surface area contributed by atoms with Crippen molar-refractivity contribution in [1.29, 1.82) is 0 Å². The predicted molar refractivity (Wildman–Crippen MR) is 72.0 cm³/mol. The Hall–Kier alpha value is -1.83. The van der Waals surface area contributed by atoms with E-state index in [1.807, 2.05) is 4.90 Å². The molecule has 1 fully saturated rings. The number of carbonyl (C=O) groups excluding carboxylic acids is 2. The standard InChI is InChI=1S/C11H16N4O3S/c1-18-11(17)7-8(12)14-19-10(7)15-4-2-6(3-5-15)9(13)16/h6H,2-5H2,1H3,(H2,12,14)(H2,13,16). The summed E-state index contributed by atoms with van der Waals surface area (Å²) in [6, 6.07) is 0. The van der Waals surface area contributed by atoms with Crippen molar-refractivity contribution in [1.82, 2.24) is 4.37 Å². The van der Waals surface area contributed by atoms with Crippen LogP contribution in [0.4, 0.5) is 10.8 Å². The number of rotatable bonds is 3. The summed E-state index contributed by atoms with van der Waals surface area (Å²) in [4.78, 5) is 24.8. The predicted octanol–water partition coefficient (Wildman–Crippen LogP) is 0.214. The third-order valence-electron chi connectivity index (χ3n) is 3.27. The van der Waals surface area contributed by atoms with E-state index in [2.05, 4.69) is 4.37 Å². The van der Waals surface area contributed by atoms with Crippen molar-refractivity contribution in [3.8, 4) is 0 Å². The lowest BCUT2D eigenvalue weighted by Crippen LogP contribution is -2.38. The van der Waals surface area contributed by atoms with Crippen LogP contribution in [0, 0.1) is 5.92 Å². The normalized spacial score (nSPS) is 16.4. The summed E-state index contributed by atoms with van der Waals surface area (Å²) >= 11 is 1.17. The molecule has 104 valence electrons. The Morgan fingerprint density at radius 1 is 1.42 bits per heavy atom. The molecule has 1 aliphatic rings. The van der Waals surface area contributed by atoms with Crippen LogP contribution in [0.1, 0.15) is 23.2 Å². The summed E-state index contributed by atoms with van der Waals surface area (Å²) in [6.07, 6.45) is 1.35. The number of anilines is 2. The molecule has 19 heavy (non-hydrogen) atoms. The maximum Gasteiger partial charge on any atom is 0.344 e. The Bertz CT molecular complexity index is 494. The minimum atomic E-state index is -0.488. The van der Waals surface area contributed by atoms with E-state index < -0.39 is 5.97 Å². The summed E-state index contributed by atoms with van der Waals surface area (Å²) in [7, 11) is 1.31. The van der Waals surface area contributed by atoms with Crippen LogP contribution in [0.5, 0.6) is 0 Å². The van der Waals surface area contributed by atoms with Crippen molar-refractivity contribution >= 4 is 34.2 Å². The molecular weight excluding hydrogens is 268 g/mol. The van der Waals surface area contributed by atoms with E-state index in [1.54, 1.807) is 0 Å². The number of ether oxygens (including phenoxy) is 1. The summed E-state index contributed by atoms with van der Waals surface area (Å²) in [5.74, 6) is -0.665. The summed E-state index contributed by atoms with van der Waals surface area (Å²) in [5.41, 5.74) is 11.3. The maximum absolute atomic E-state index is 11.7. The molecule has 0 radical (unpaired) electrons. The zero-order valence-electron chi connectivity index (χ0n) is 10.6. The van der Waals surface area contributed by atoms with Gasteiger partial charge in [0.2, 0.25) is 5.91 Å². The molecule has 2 rings (SSSR count). The van der Waals surface area contributed by atoms with Crippen LogP contribution >= 0.6 is 11.5 Å². The van der Waals surface area contributed by atoms with E-state index in [-0.39, 0.29) is 17.6 Å². The Labute approximate surface area is 114 Å². The van der Waals surface area contributed by atoms with Crippen LogP contribution in [0.15, 0.2) is 0 Å². The van der Waals surface area contributed by atoms with Crippen LogP contribution < -0.4 is 16.4 Å². The van der Waals surface area contributed by atoms with Gasteiger partial charge in [-0.15, -0.1) is 0 Å². The third-order valence-corrected chi connectivity index (χ3v) is 4.20. The fourth-order valence-electron chi connectivity index (χ4n) is 2.17. The van der Waals surface area contributed by atoms with Gasteiger partial charge in [0.05, 0.1) is 7.11 Å². The van der Waals surface area contributed by atoms with E-state index in [4.69, 9.17) is 16.2 Å². The van der Waals surface area contributed by atoms with Gasteiger partial charge in [-0.05, 0) is 24.4 Å². The van der Waals surface area contributed by atoms with Crippen LogP contribution in [0.2, 0.25) is 0 Å². The number of hydrogen-bond donors (Lipinski definition) is 2. The first-order chi connectivity index (χ1) is 9.04. The van der Waals surface area contributed by atoms with Crippen LogP contribution in [0.25, 0.3) is 0 Å². The number of esters is 1. The second-order valence-corrected chi connectivity index (χ2v) is 5.16. The number of methoxy groups -OCH3 is 1. The lowest BCUT2D eigenvalue weighted by molar-refractivity contribution is -0.122. The van der Waals surface area contributed by atoms with Crippen LogP contribution in [-0.2, 0) is 9.53 Å². The smallest absolute Gasteiger partial charge is 0.344 e. The number of primary amides is 1. The number of nitrogens with zero attached hydrogens (tertiary/aromatic N) is 2. The van der Waals surface area contributed by atoms with E-state index in [1.165, 1.54) is 18.6 Å². The molecule has 1 aromatic heterocycles. The van der Waals surface area contributed by atoms with Crippen molar-refractivity contribution < 1.29 is 14.3 Å². The summed E-state index contributed by atoms with van der Waals surface area (Å²) < 4.78 is 8.71. The molecule has 1 aromatic rings. The Morgan fingerprint density at radius 2 is 2.05 bits per heavy atom. The van der Waals surface area contributed by atoms with Gasteiger partial charge in [0.25, 0.3) is 0 Å². The average molecular weight is 284 g/mol. The number of aromatic nitrogens is 1. The molecule has 4 N–H and O–H groups in total. The molecule has 0 unspecified atom stereocenters. The average Bonchev–Trinajstić information content (AvgIpc) is 2.80. The van der Waals surface area contributed by atoms with Crippen molar-refractivity contribution in [2.24, 2.45) is 11.7 Å². The van der Waals surface area contributed by atoms with Crippen molar-refractivity contribution in [2.75, 3.05) is 30.8 Å². The van der Waals surface area contributed by atoms with Crippen LogP contribution in [0.3, 0.4) is 0 Å². The van der Waals surface area contributed by atoms with Gasteiger partial charge in [-0.25, -0.2) is 4.79 Å². The monoisotopic (exact) mass is 284 g/mol. The Balaban J connectivity index is 2.16. The molecule has 0 bridgehead atoms. The highest BCUT2D eigenvalue weighted by Crippen LogP contribution is 2.33. The SMILES string of the molecule is COC(=O)c1c(N)nsc1N1CCC(C(N)=O)CC1. The molecule has 8 heteroatoms. The topological polar surface area (TPSA) is 112 Å². The number of nitrogen functional groups attached to an aromatic ring is 1. The lowest BCUT2D eigenvalue weighted by atomic mass is 9.96. The van der Waals surface area contributed by atoms with Gasteiger partial charge >= 0.3 is 5.97 Å². The first-order valence-corrected chi connectivity index (χ1v) is 6.69. The minimum Gasteiger partial charge on any atom is -0.465 e. The summed E-state index contributed by atoms with van der Waals surface area (Å²) in [6.45, 7) is 1.30. The molecule has 0 atom stereocenters. The highest BCUT2D eigenvalue weighted by Gasteiger charge is 2.29. The van der Waals surface area contributed by atoms with Gasteiger partial charge in [0.15, 0.2) is 5.82 Å². The molecule has 1 saturated heterocycles. The first-order valence-electron chi connectivity index (χ1n) is 5.92. The van der Waals surface area contributed by atoms with E-state index in [9.17, 15) is 9.59 Å². The molecule has 0 saturated carbocycles. The van der Waals surface area contributed by atoms with Gasteiger partial charge in [0.1, 0.15) is 10.6 Å². The van der Waals surface area contributed by atoms with Gasteiger partial charge in [-0.2, -0.15) is 4.37 Å². The zero-order valence-corrected chi connectivity index (χ0v) is 11.4. The van der Waals surface area contributed by atoms with E-state index in [0.717, 1.165) is 0 Å². The van der Waals surface area contributed by atoms with E-state index >= 15 is 0 Å². The minimum absolute atomic E-state index is 0.0944. The highest BCUT2D eigenvalue weighted by molar-refractivity contribution is 7.11. The summed E-state index contributed by atoms with van der Waals surface area (Å²) in [5, 5.41) is 0.701. The molecule has 0 aliphatic carbocycles. The van der Waals surface area contributed by atoms with Gasteiger partial charge in [-0.3, -0.25) is 4.79 Å². The molecular formula is C11H16N4O3S. The van der Waals surface area contributed by atoms with Crippen molar-refractivity contribution in [2.45, 2.75) is 12.8 Å². The zero-order chi connectivity index (χ0) is 14.0. The number of hydrogen-bond acceptors (Lipinski definition) is 7. The fourth-order valence-corrected chi connectivity index (χ4v) is 3.02. The number of carbonyl (C=O) groups is 2. The Morgan fingerprint density at radius 3 is 2.58 bits per heavy atom. The molecule has 7 nitrogen and oxygen atoms in total. The Kier molecular flexibility index (Phi) is 3.89. The molecule has 0 aromatic carbocycles. The highest BCUT2D eigenvalue weighted by atomic mass is 32.1. The molecule has 0 spiro atoms. The van der Waals surface area contributed by atoms with Gasteiger partial charge in [-0.1, -0.05) is 0 Å². The molecule has 2 heterocycles. The van der Waals surface area contributed by atoms with Gasteiger partial charge < -0.3 is 21.1 Å². The van der Waals surface area contributed by atoms with Gasteiger partial charge in [0, 0.05) is 19.0 Å². The van der Waals surface area contributed by atoms with E-state index in [0.29, 0.717) is 36.5 Å². The quantitative estimate of drug-likeness (QED) is 0.768. The number of piperidine rings is 1. The third kappa shape index (κ3) is 2.62.